The molecule has 1 aliphatic rings. The zero-order chi connectivity index (χ0) is 14.8. The van der Waals surface area contributed by atoms with Gasteiger partial charge in [0.15, 0.2) is 6.54 Å². The predicted molar refractivity (Wildman–Crippen MR) is 84.2 cm³/mol. The maximum Gasteiger partial charge on any atom is 0.279 e. The Kier molecular flexibility index (Phi) is 4.71. The lowest BCUT2D eigenvalue weighted by Gasteiger charge is -2.32. The molecule has 20 heavy (non-hydrogen) atoms. The van der Waals surface area contributed by atoms with Crippen LogP contribution >= 0.6 is 11.6 Å². The molecule has 0 saturated carbocycles. The van der Waals surface area contributed by atoms with E-state index in [1.807, 2.05) is 26.0 Å². The number of carbonyl (C=O) groups is 1. The topological polar surface area (TPSA) is 29.1 Å². The van der Waals surface area contributed by atoms with Crippen LogP contribution in [0.1, 0.15) is 30.9 Å². The van der Waals surface area contributed by atoms with Crippen molar-refractivity contribution in [3.63, 3.8) is 0 Å². The number of likely N-dealkylation sites (N-methyl/N-ethyl adjacent to an activating group) is 1. The van der Waals surface area contributed by atoms with Gasteiger partial charge in [0.1, 0.15) is 0 Å². The van der Waals surface area contributed by atoms with E-state index in [1.54, 1.807) is 0 Å². The van der Waals surface area contributed by atoms with Crippen molar-refractivity contribution in [1.82, 2.24) is 0 Å². The first-order valence-corrected chi connectivity index (χ1v) is 7.75. The minimum atomic E-state index is 0.113. The molecule has 4 heteroatoms. The number of hydrogen-bond donors (Lipinski definition) is 1. The number of aryl methyl sites for hydroxylation is 2. The highest BCUT2D eigenvalue weighted by atomic mass is 35.5. The van der Waals surface area contributed by atoms with Gasteiger partial charge in [-0.1, -0.05) is 11.6 Å². The van der Waals surface area contributed by atoms with Crippen LogP contribution in [0.2, 0.25) is 5.02 Å². The molecule has 1 aromatic rings. The van der Waals surface area contributed by atoms with Gasteiger partial charge in [-0.25, -0.2) is 0 Å². The van der Waals surface area contributed by atoms with E-state index in [-0.39, 0.29) is 5.91 Å². The molecule has 1 saturated heterocycles. The van der Waals surface area contributed by atoms with E-state index in [2.05, 4.69) is 12.2 Å². The van der Waals surface area contributed by atoms with Crippen molar-refractivity contribution < 1.29 is 9.28 Å². The van der Waals surface area contributed by atoms with Gasteiger partial charge in [0.05, 0.1) is 19.6 Å². The van der Waals surface area contributed by atoms with E-state index in [4.69, 9.17) is 11.6 Å². The van der Waals surface area contributed by atoms with E-state index < -0.39 is 0 Å². The average molecular weight is 296 g/mol. The van der Waals surface area contributed by atoms with Crippen LogP contribution in [0.3, 0.4) is 0 Å². The van der Waals surface area contributed by atoms with Crippen LogP contribution in [0.4, 0.5) is 5.69 Å². The quantitative estimate of drug-likeness (QED) is 0.846. The van der Waals surface area contributed by atoms with Crippen LogP contribution in [0, 0.1) is 13.8 Å². The molecule has 0 radical (unpaired) electrons. The number of halogens is 1. The van der Waals surface area contributed by atoms with E-state index in [0.29, 0.717) is 6.54 Å². The summed E-state index contributed by atoms with van der Waals surface area (Å²) < 4.78 is 0.928. The molecule has 2 rings (SSSR count). The van der Waals surface area contributed by atoms with Gasteiger partial charge in [-0.05, 0) is 44.0 Å². The average Bonchev–Trinajstić information content (AvgIpc) is 2.83. The smallest absolute Gasteiger partial charge is 0.279 e. The van der Waals surface area contributed by atoms with Crippen LogP contribution in [0.5, 0.6) is 0 Å². The molecule has 0 bridgehead atoms. The maximum absolute atomic E-state index is 12.4. The standard InChI is InChI=1S/C16H23ClN2O/c1-4-19(7-5-6-8-19)11-15(20)18-16-12(2)9-14(17)10-13(16)3/h9-10H,4-8,11H2,1-3H3/p+1. The van der Waals surface area contributed by atoms with E-state index in [0.717, 1.165) is 46.0 Å². The highest BCUT2D eigenvalue weighted by Crippen LogP contribution is 2.25. The normalized spacial score (nSPS) is 17.2. The molecule has 1 fully saturated rings. The number of carbonyl (C=O) groups excluding carboxylic acids is 1. The molecule has 1 N–H and O–H groups in total. The number of benzene rings is 1. The summed E-state index contributed by atoms with van der Waals surface area (Å²) in [6.07, 6.45) is 2.47. The maximum atomic E-state index is 12.4. The number of anilines is 1. The summed E-state index contributed by atoms with van der Waals surface area (Å²) in [5.74, 6) is 0.113. The number of likely N-dealkylation sites (tertiary alicyclic amines) is 1. The van der Waals surface area contributed by atoms with Crippen LogP contribution in [0.25, 0.3) is 0 Å². The Balaban J connectivity index is 2.08. The highest BCUT2D eigenvalue weighted by Gasteiger charge is 2.32. The fourth-order valence-electron chi connectivity index (χ4n) is 3.18. The largest absolute Gasteiger partial charge is 0.321 e. The van der Waals surface area contributed by atoms with Crippen LogP contribution < -0.4 is 5.32 Å². The second-order valence-electron chi connectivity index (χ2n) is 5.93. The summed E-state index contributed by atoms with van der Waals surface area (Å²) in [7, 11) is 0. The Bertz CT molecular complexity index is 484. The summed E-state index contributed by atoms with van der Waals surface area (Å²) in [5.41, 5.74) is 2.95. The molecule has 3 nitrogen and oxygen atoms in total. The molecule has 0 atom stereocenters. The monoisotopic (exact) mass is 295 g/mol. The fourth-order valence-corrected chi connectivity index (χ4v) is 3.51. The van der Waals surface area contributed by atoms with Crippen LogP contribution in [-0.4, -0.2) is 36.6 Å². The van der Waals surface area contributed by atoms with Crippen molar-refractivity contribution in [2.75, 3.05) is 31.5 Å². The van der Waals surface area contributed by atoms with Gasteiger partial charge in [-0.15, -0.1) is 0 Å². The van der Waals surface area contributed by atoms with Crippen LogP contribution in [-0.2, 0) is 4.79 Å². The van der Waals surface area contributed by atoms with Crippen LogP contribution in [0.15, 0.2) is 12.1 Å². The fraction of sp³-hybridized carbons (Fsp3) is 0.562. The zero-order valence-corrected chi connectivity index (χ0v) is 13.4. The summed E-state index contributed by atoms with van der Waals surface area (Å²) in [4.78, 5) is 12.4. The molecule has 0 aromatic heterocycles. The Morgan fingerprint density at radius 2 is 1.80 bits per heavy atom. The van der Waals surface area contributed by atoms with Gasteiger partial charge < -0.3 is 9.80 Å². The SMILES string of the molecule is CC[N+]1(CC(=O)Nc2c(C)cc(Cl)cc2C)CCCC1. The molecule has 1 aromatic carbocycles. The minimum Gasteiger partial charge on any atom is -0.321 e. The van der Waals surface area contributed by atoms with Gasteiger partial charge in [-0.2, -0.15) is 0 Å². The zero-order valence-electron chi connectivity index (χ0n) is 12.6. The van der Waals surface area contributed by atoms with Gasteiger partial charge in [0, 0.05) is 23.6 Å². The highest BCUT2D eigenvalue weighted by molar-refractivity contribution is 6.30. The summed E-state index contributed by atoms with van der Waals surface area (Å²) >= 11 is 6.03. The number of rotatable bonds is 4. The summed E-state index contributed by atoms with van der Waals surface area (Å²) in [6.45, 7) is 10.0. The lowest BCUT2D eigenvalue weighted by molar-refractivity contribution is -0.907. The predicted octanol–water partition coefficient (Wildman–Crippen LogP) is 3.53. The van der Waals surface area contributed by atoms with Crippen molar-refractivity contribution in [2.24, 2.45) is 0 Å². The third-order valence-corrected chi connectivity index (χ3v) is 4.64. The third kappa shape index (κ3) is 3.33. The van der Waals surface area contributed by atoms with Gasteiger partial charge in [-0.3, -0.25) is 4.79 Å². The Morgan fingerprint density at radius 3 is 2.30 bits per heavy atom. The number of hydrogen-bond acceptors (Lipinski definition) is 1. The molecule has 1 heterocycles. The molecular weight excluding hydrogens is 272 g/mol. The second kappa shape index (κ2) is 6.15. The van der Waals surface area contributed by atoms with Crippen molar-refractivity contribution in [3.05, 3.63) is 28.3 Å². The first-order chi connectivity index (χ1) is 9.46. The Morgan fingerprint density at radius 1 is 1.25 bits per heavy atom. The molecule has 0 unspecified atom stereocenters. The molecule has 110 valence electrons. The van der Waals surface area contributed by atoms with E-state index >= 15 is 0 Å². The Labute approximate surface area is 126 Å². The third-order valence-electron chi connectivity index (χ3n) is 4.43. The number of nitrogens with zero attached hydrogens (tertiary/aromatic N) is 1. The van der Waals surface area contributed by atoms with Gasteiger partial charge in [0.25, 0.3) is 5.91 Å². The Hall–Kier alpha value is -1.06. The van der Waals surface area contributed by atoms with Gasteiger partial charge in [0.2, 0.25) is 0 Å². The second-order valence-corrected chi connectivity index (χ2v) is 6.37. The first-order valence-electron chi connectivity index (χ1n) is 7.37. The molecule has 1 amide bonds. The number of amides is 1. The molecular formula is C16H24ClN2O+. The minimum absolute atomic E-state index is 0.113. The molecule has 0 spiro atoms. The number of nitrogens with one attached hydrogen (secondary N) is 1. The summed E-state index contributed by atoms with van der Waals surface area (Å²) in [6, 6.07) is 3.79. The lowest BCUT2D eigenvalue weighted by Crippen LogP contribution is -2.50. The molecule has 0 aliphatic carbocycles. The lowest BCUT2D eigenvalue weighted by atomic mass is 10.1. The first kappa shape index (κ1) is 15.3. The van der Waals surface area contributed by atoms with Crippen molar-refractivity contribution in [2.45, 2.75) is 33.6 Å². The van der Waals surface area contributed by atoms with Gasteiger partial charge >= 0.3 is 0 Å². The van der Waals surface area contributed by atoms with E-state index in [1.165, 1.54) is 12.8 Å². The van der Waals surface area contributed by atoms with Crippen molar-refractivity contribution in [3.8, 4) is 0 Å². The molecule has 1 aliphatic heterocycles. The summed E-state index contributed by atoms with van der Waals surface area (Å²) in [5, 5.41) is 3.80. The van der Waals surface area contributed by atoms with E-state index in [9.17, 15) is 4.79 Å². The van der Waals surface area contributed by atoms with Crippen molar-refractivity contribution >= 4 is 23.2 Å². The number of quaternary nitrogens is 1. The van der Waals surface area contributed by atoms with Crippen molar-refractivity contribution in [1.29, 1.82) is 0 Å².